The number of thiocarbonyl (C=S) groups is 1. The average Bonchev–Trinajstić information content (AvgIpc) is 3.37. The predicted octanol–water partition coefficient (Wildman–Crippen LogP) is 7.28. The van der Waals surface area contributed by atoms with Gasteiger partial charge in [-0.1, -0.05) is 30.7 Å². The standard InChI is InChI=1S/C31H32ClN5OS/c1-6-27(38)34-25-14-13-24(16-18(25)2)37-30(29(35-31(37)39)26-12-7-8-15-33-26)28-19(3)20(4)36(21(28)5)23-11-9-10-22(32)17-23/h7-17,29-30H,6H2,1-5H3,(H,34,38)(H,35,39)/t29-,30-/m0/s1. The molecule has 1 fully saturated rings. The number of halogens is 1. The number of nitrogens with one attached hydrogen (secondary N) is 2. The van der Waals surface area contributed by atoms with E-state index in [0.29, 0.717) is 16.6 Å². The molecular formula is C31H32ClN5OS. The molecule has 1 aliphatic rings. The number of carbonyl (C=O) groups is 1. The van der Waals surface area contributed by atoms with Gasteiger partial charge in [-0.05, 0) is 99.6 Å². The SMILES string of the molecule is CCC(=O)Nc1ccc(N2C(=S)N[C@@H](c3ccccn3)[C@@H]2c2c(C)c(C)n(-c3cccc(Cl)c3)c2C)cc1C. The molecule has 0 spiro atoms. The first-order valence-corrected chi connectivity index (χ1v) is 13.8. The summed E-state index contributed by atoms with van der Waals surface area (Å²) in [6.45, 7) is 10.3. The third kappa shape index (κ3) is 4.92. The summed E-state index contributed by atoms with van der Waals surface area (Å²) >= 11 is 12.4. The summed E-state index contributed by atoms with van der Waals surface area (Å²) in [4.78, 5) is 18.9. The van der Waals surface area contributed by atoms with Crippen molar-refractivity contribution in [3.8, 4) is 5.69 Å². The van der Waals surface area contributed by atoms with Crippen LogP contribution in [0.2, 0.25) is 5.02 Å². The van der Waals surface area contributed by atoms with Crippen molar-refractivity contribution >= 4 is 46.2 Å². The maximum atomic E-state index is 12.0. The van der Waals surface area contributed by atoms with Crippen molar-refractivity contribution in [3.63, 3.8) is 0 Å². The Morgan fingerprint density at radius 1 is 1.03 bits per heavy atom. The number of anilines is 2. The Labute approximate surface area is 240 Å². The van der Waals surface area contributed by atoms with Crippen LogP contribution in [0.5, 0.6) is 0 Å². The summed E-state index contributed by atoms with van der Waals surface area (Å²) in [6, 6.07) is 19.6. The highest BCUT2D eigenvalue weighted by atomic mass is 35.5. The highest BCUT2D eigenvalue weighted by Crippen LogP contribution is 2.46. The lowest BCUT2D eigenvalue weighted by Gasteiger charge is -2.29. The van der Waals surface area contributed by atoms with E-state index in [0.717, 1.165) is 39.7 Å². The van der Waals surface area contributed by atoms with Crippen LogP contribution < -0.4 is 15.5 Å². The third-order valence-corrected chi connectivity index (χ3v) is 8.10. The van der Waals surface area contributed by atoms with Crippen molar-refractivity contribution in [2.24, 2.45) is 0 Å². The second kappa shape index (κ2) is 10.8. The van der Waals surface area contributed by atoms with E-state index in [1.807, 2.05) is 68.6 Å². The predicted molar refractivity (Wildman–Crippen MR) is 163 cm³/mol. The lowest BCUT2D eigenvalue weighted by molar-refractivity contribution is -0.115. The Morgan fingerprint density at radius 3 is 2.49 bits per heavy atom. The molecule has 2 atom stereocenters. The van der Waals surface area contributed by atoms with E-state index in [4.69, 9.17) is 28.8 Å². The number of benzene rings is 2. The summed E-state index contributed by atoms with van der Waals surface area (Å²) in [5.41, 5.74) is 9.32. The van der Waals surface area contributed by atoms with Crippen LogP contribution in [0.3, 0.4) is 0 Å². The molecule has 1 amide bonds. The Kier molecular flexibility index (Phi) is 7.47. The molecule has 2 aromatic heterocycles. The number of nitrogens with zero attached hydrogens (tertiary/aromatic N) is 3. The molecule has 3 heterocycles. The monoisotopic (exact) mass is 557 g/mol. The van der Waals surface area contributed by atoms with Crippen LogP contribution in [0.15, 0.2) is 66.9 Å². The zero-order chi connectivity index (χ0) is 27.8. The molecule has 39 heavy (non-hydrogen) atoms. The molecule has 0 saturated carbocycles. The van der Waals surface area contributed by atoms with Gasteiger partial charge in [0, 0.05) is 51.7 Å². The van der Waals surface area contributed by atoms with E-state index in [9.17, 15) is 4.79 Å². The van der Waals surface area contributed by atoms with Crippen molar-refractivity contribution in [3.05, 3.63) is 106 Å². The van der Waals surface area contributed by atoms with E-state index in [1.54, 1.807) is 0 Å². The van der Waals surface area contributed by atoms with E-state index >= 15 is 0 Å². The summed E-state index contributed by atoms with van der Waals surface area (Å²) in [5, 5.41) is 7.89. The second-order valence-electron chi connectivity index (χ2n) is 9.92. The number of pyridine rings is 1. The van der Waals surface area contributed by atoms with Crippen LogP contribution in [0, 0.1) is 27.7 Å². The van der Waals surface area contributed by atoms with Gasteiger partial charge in [0.15, 0.2) is 5.11 Å². The normalized spacial score (nSPS) is 16.9. The smallest absolute Gasteiger partial charge is 0.224 e. The number of rotatable bonds is 6. The Hall–Kier alpha value is -3.68. The Morgan fingerprint density at radius 2 is 1.82 bits per heavy atom. The Balaban J connectivity index is 1.68. The number of amides is 1. The van der Waals surface area contributed by atoms with Gasteiger partial charge in [-0.2, -0.15) is 0 Å². The van der Waals surface area contributed by atoms with Crippen molar-refractivity contribution in [2.45, 2.75) is 53.1 Å². The highest BCUT2D eigenvalue weighted by Gasteiger charge is 2.43. The lowest BCUT2D eigenvalue weighted by atomic mass is 9.93. The summed E-state index contributed by atoms with van der Waals surface area (Å²) in [6.07, 6.45) is 2.24. The van der Waals surface area contributed by atoms with Crippen LogP contribution in [0.4, 0.5) is 11.4 Å². The first kappa shape index (κ1) is 26.9. The molecule has 2 N–H and O–H groups in total. The van der Waals surface area contributed by atoms with Gasteiger partial charge < -0.3 is 20.1 Å². The third-order valence-electron chi connectivity index (χ3n) is 7.55. The Bertz CT molecular complexity index is 1560. The molecule has 6 nitrogen and oxygen atoms in total. The van der Waals surface area contributed by atoms with Crippen LogP contribution >= 0.6 is 23.8 Å². The van der Waals surface area contributed by atoms with Crippen LogP contribution in [0.1, 0.15) is 59.2 Å². The molecule has 5 rings (SSSR count). The molecule has 200 valence electrons. The van der Waals surface area contributed by atoms with Gasteiger partial charge in [0.25, 0.3) is 0 Å². The molecule has 8 heteroatoms. The molecule has 0 unspecified atom stereocenters. The van der Waals surface area contributed by atoms with Gasteiger partial charge >= 0.3 is 0 Å². The van der Waals surface area contributed by atoms with Crippen LogP contribution in [-0.4, -0.2) is 20.6 Å². The van der Waals surface area contributed by atoms with Gasteiger partial charge in [0.2, 0.25) is 5.91 Å². The number of hydrogen-bond donors (Lipinski definition) is 2. The van der Waals surface area contributed by atoms with Crippen molar-refractivity contribution < 1.29 is 4.79 Å². The summed E-state index contributed by atoms with van der Waals surface area (Å²) < 4.78 is 2.26. The molecule has 1 aliphatic heterocycles. The first-order valence-electron chi connectivity index (χ1n) is 13.1. The highest BCUT2D eigenvalue weighted by molar-refractivity contribution is 7.80. The number of aryl methyl sites for hydroxylation is 1. The molecule has 4 aromatic rings. The molecule has 1 saturated heterocycles. The molecule has 0 aliphatic carbocycles. The van der Waals surface area contributed by atoms with E-state index < -0.39 is 0 Å². The maximum absolute atomic E-state index is 12.0. The van der Waals surface area contributed by atoms with Gasteiger partial charge in [0.05, 0.1) is 17.8 Å². The fourth-order valence-corrected chi connectivity index (χ4v) is 6.08. The minimum absolute atomic E-state index is 0.0126. The van der Waals surface area contributed by atoms with E-state index in [1.165, 1.54) is 11.1 Å². The van der Waals surface area contributed by atoms with Crippen LogP contribution in [0.25, 0.3) is 5.69 Å². The molecule has 0 bridgehead atoms. The van der Waals surface area contributed by atoms with Crippen LogP contribution in [-0.2, 0) is 4.79 Å². The molecular weight excluding hydrogens is 526 g/mol. The average molecular weight is 558 g/mol. The second-order valence-corrected chi connectivity index (χ2v) is 10.7. The van der Waals surface area contributed by atoms with Crippen molar-refractivity contribution in [1.82, 2.24) is 14.9 Å². The van der Waals surface area contributed by atoms with Crippen molar-refractivity contribution in [2.75, 3.05) is 10.2 Å². The fourth-order valence-electron chi connectivity index (χ4n) is 5.55. The maximum Gasteiger partial charge on any atom is 0.224 e. The van der Waals surface area contributed by atoms with Gasteiger partial charge in [-0.25, -0.2) is 0 Å². The fraction of sp³-hybridized carbons (Fsp3) is 0.258. The van der Waals surface area contributed by atoms with E-state index in [2.05, 4.69) is 53.0 Å². The van der Waals surface area contributed by atoms with E-state index in [-0.39, 0.29) is 18.0 Å². The zero-order valence-electron chi connectivity index (χ0n) is 22.7. The van der Waals surface area contributed by atoms with Gasteiger partial charge in [-0.3, -0.25) is 9.78 Å². The summed E-state index contributed by atoms with van der Waals surface area (Å²) in [7, 11) is 0. The summed E-state index contributed by atoms with van der Waals surface area (Å²) in [5.74, 6) is -0.0126. The minimum atomic E-state index is -0.162. The van der Waals surface area contributed by atoms with Crippen molar-refractivity contribution in [1.29, 1.82) is 0 Å². The molecule has 2 aromatic carbocycles. The first-order chi connectivity index (χ1) is 18.7. The number of aromatic nitrogens is 2. The quantitative estimate of drug-likeness (QED) is 0.244. The zero-order valence-corrected chi connectivity index (χ0v) is 24.3. The number of hydrogen-bond acceptors (Lipinski definition) is 3. The molecule has 0 radical (unpaired) electrons. The van der Waals surface area contributed by atoms with Gasteiger partial charge in [-0.15, -0.1) is 0 Å². The van der Waals surface area contributed by atoms with Gasteiger partial charge in [0.1, 0.15) is 0 Å². The minimum Gasteiger partial charge on any atom is -0.351 e. The topological polar surface area (TPSA) is 62.2 Å². The number of carbonyl (C=O) groups excluding carboxylic acids is 1. The largest absolute Gasteiger partial charge is 0.351 e. The lowest BCUT2D eigenvalue weighted by Crippen LogP contribution is -2.30.